The van der Waals surface area contributed by atoms with E-state index in [1.165, 1.54) is 12.1 Å². The molecule has 0 radical (unpaired) electrons. The molecule has 7 nitrogen and oxygen atoms in total. The Morgan fingerprint density at radius 1 is 0.903 bits per heavy atom. The van der Waals surface area contributed by atoms with Crippen molar-refractivity contribution < 1.29 is 22.7 Å². The van der Waals surface area contributed by atoms with Crippen LogP contribution in [-0.4, -0.2) is 28.0 Å². The lowest BCUT2D eigenvalue weighted by atomic mass is 10.2. The van der Waals surface area contributed by atoms with Crippen LogP contribution in [-0.2, 0) is 14.8 Å². The van der Waals surface area contributed by atoms with Gasteiger partial charge in [0.25, 0.3) is 15.9 Å². The number of carbonyl (C=O) groups is 1. The van der Waals surface area contributed by atoms with Crippen LogP contribution in [0.4, 0.5) is 11.4 Å². The second kappa shape index (κ2) is 9.53. The van der Waals surface area contributed by atoms with Crippen LogP contribution in [0.2, 0.25) is 0 Å². The molecule has 3 rings (SSSR count). The summed E-state index contributed by atoms with van der Waals surface area (Å²) in [5.74, 6) is 0.790. The number of benzene rings is 3. The summed E-state index contributed by atoms with van der Waals surface area (Å²) in [6.45, 7) is 3.44. The molecule has 0 saturated carbocycles. The first-order valence-electron chi connectivity index (χ1n) is 9.54. The maximum atomic E-state index is 12.6. The predicted octanol–water partition coefficient (Wildman–Crippen LogP) is 4.13. The number of ether oxygens (including phenoxy) is 2. The number of amides is 1. The van der Waals surface area contributed by atoms with Crippen molar-refractivity contribution in [1.29, 1.82) is 0 Å². The summed E-state index contributed by atoms with van der Waals surface area (Å²) >= 11 is 0. The molecule has 0 aromatic heterocycles. The van der Waals surface area contributed by atoms with E-state index in [-0.39, 0.29) is 17.4 Å². The van der Waals surface area contributed by atoms with Crippen LogP contribution in [0, 0.1) is 13.8 Å². The summed E-state index contributed by atoms with van der Waals surface area (Å²) in [6, 6.07) is 18.5. The number of hydrogen-bond acceptors (Lipinski definition) is 5. The SMILES string of the molecule is COc1ccc(NC(=O)COc2ccc(S(=O)(=O)Nc3ccc(C)cc3)cc2C)cc1. The summed E-state index contributed by atoms with van der Waals surface area (Å²) in [6.07, 6.45) is 0. The molecule has 0 bridgehead atoms. The van der Waals surface area contributed by atoms with Crippen molar-refractivity contribution in [2.75, 3.05) is 23.8 Å². The molecule has 0 aliphatic rings. The first kappa shape index (κ1) is 22.2. The molecule has 8 heteroatoms. The van der Waals surface area contributed by atoms with Crippen molar-refractivity contribution in [3.63, 3.8) is 0 Å². The van der Waals surface area contributed by atoms with Crippen molar-refractivity contribution >= 4 is 27.3 Å². The van der Waals surface area contributed by atoms with E-state index < -0.39 is 10.0 Å². The van der Waals surface area contributed by atoms with E-state index in [1.54, 1.807) is 56.5 Å². The highest BCUT2D eigenvalue weighted by Crippen LogP contribution is 2.24. The van der Waals surface area contributed by atoms with Gasteiger partial charge in [-0.15, -0.1) is 0 Å². The average Bonchev–Trinajstić information content (AvgIpc) is 2.75. The summed E-state index contributed by atoms with van der Waals surface area (Å²) in [5.41, 5.74) is 2.74. The fraction of sp³-hybridized carbons (Fsp3) is 0.174. The molecule has 0 saturated heterocycles. The molecule has 0 aliphatic carbocycles. The lowest BCUT2D eigenvalue weighted by Crippen LogP contribution is -2.20. The van der Waals surface area contributed by atoms with E-state index >= 15 is 0 Å². The highest BCUT2D eigenvalue weighted by Gasteiger charge is 2.16. The maximum absolute atomic E-state index is 12.6. The van der Waals surface area contributed by atoms with Crippen LogP contribution in [0.15, 0.2) is 71.6 Å². The monoisotopic (exact) mass is 440 g/mol. The minimum absolute atomic E-state index is 0.112. The number of carbonyl (C=O) groups excluding carboxylic acids is 1. The molecule has 2 N–H and O–H groups in total. The number of nitrogens with one attached hydrogen (secondary N) is 2. The van der Waals surface area contributed by atoms with Gasteiger partial charge in [-0.25, -0.2) is 8.42 Å². The minimum atomic E-state index is -3.74. The van der Waals surface area contributed by atoms with Gasteiger partial charge in [0.15, 0.2) is 6.61 Å². The molecule has 0 heterocycles. The zero-order valence-corrected chi connectivity index (χ0v) is 18.3. The van der Waals surface area contributed by atoms with Gasteiger partial charge in [0.1, 0.15) is 11.5 Å². The second-order valence-corrected chi connectivity index (χ2v) is 8.65. The molecule has 0 aliphatic heterocycles. The highest BCUT2D eigenvalue weighted by molar-refractivity contribution is 7.92. The lowest BCUT2D eigenvalue weighted by Gasteiger charge is -2.12. The largest absolute Gasteiger partial charge is 0.497 e. The van der Waals surface area contributed by atoms with E-state index in [9.17, 15) is 13.2 Å². The molecular weight excluding hydrogens is 416 g/mol. The summed E-state index contributed by atoms with van der Waals surface area (Å²) in [5, 5.41) is 2.72. The van der Waals surface area contributed by atoms with Gasteiger partial charge in [-0.2, -0.15) is 0 Å². The highest BCUT2D eigenvalue weighted by atomic mass is 32.2. The third-order valence-electron chi connectivity index (χ3n) is 4.49. The lowest BCUT2D eigenvalue weighted by molar-refractivity contribution is -0.118. The number of sulfonamides is 1. The normalized spacial score (nSPS) is 10.9. The van der Waals surface area contributed by atoms with Crippen molar-refractivity contribution in [3.05, 3.63) is 77.9 Å². The van der Waals surface area contributed by atoms with Gasteiger partial charge in [0.05, 0.1) is 12.0 Å². The fourth-order valence-corrected chi connectivity index (χ4v) is 3.94. The maximum Gasteiger partial charge on any atom is 0.262 e. The zero-order chi connectivity index (χ0) is 22.4. The summed E-state index contributed by atoms with van der Waals surface area (Å²) in [4.78, 5) is 12.2. The predicted molar refractivity (Wildman–Crippen MR) is 120 cm³/mol. The van der Waals surface area contributed by atoms with Gasteiger partial charge >= 0.3 is 0 Å². The smallest absolute Gasteiger partial charge is 0.262 e. The van der Waals surface area contributed by atoms with Gasteiger partial charge < -0.3 is 14.8 Å². The topological polar surface area (TPSA) is 93.7 Å². The van der Waals surface area contributed by atoms with Crippen LogP contribution < -0.4 is 19.5 Å². The summed E-state index contributed by atoms with van der Waals surface area (Å²) < 4.78 is 38.5. The van der Waals surface area contributed by atoms with Gasteiger partial charge in [-0.1, -0.05) is 17.7 Å². The Balaban J connectivity index is 1.61. The van der Waals surface area contributed by atoms with Crippen LogP contribution in [0.1, 0.15) is 11.1 Å². The van der Waals surface area contributed by atoms with Crippen molar-refractivity contribution in [2.45, 2.75) is 18.7 Å². The van der Waals surface area contributed by atoms with Gasteiger partial charge in [-0.05, 0) is 74.0 Å². The quantitative estimate of drug-likeness (QED) is 0.549. The molecule has 0 spiro atoms. The fourth-order valence-electron chi connectivity index (χ4n) is 2.80. The number of methoxy groups -OCH3 is 1. The van der Waals surface area contributed by atoms with Crippen LogP contribution in [0.5, 0.6) is 11.5 Å². The number of rotatable bonds is 8. The van der Waals surface area contributed by atoms with Gasteiger partial charge in [-0.3, -0.25) is 9.52 Å². The summed E-state index contributed by atoms with van der Waals surface area (Å²) in [7, 11) is -2.17. The van der Waals surface area contributed by atoms with Crippen LogP contribution in [0.3, 0.4) is 0 Å². The molecule has 3 aromatic rings. The average molecular weight is 441 g/mol. The molecular formula is C23H24N2O5S. The van der Waals surface area contributed by atoms with E-state index in [1.807, 2.05) is 19.1 Å². The Labute approximate surface area is 182 Å². The Morgan fingerprint density at radius 3 is 2.16 bits per heavy atom. The van der Waals surface area contributed by atoms with Crippen molar-refractivity contribution in [1.82, 2.24) is 0 Å². The van der Waals surface area contributed by atoms with E-state index in [4.69, 9.17) is 9.47 Å². The second-order valence-electron chi connectivity index (χ2n) is 6.96. The van der Waals surface area contributed by atoms with Crippen LogP contribution in [0.25, 0.3) is 0 Å². The molecule has 0 unspecified atom stereocenters. The first-order chi connectivity index (χ1) is 14.8. The Kier molecular flexibility index (Phi) is 6.81. The molecule has 162 valence electrons. The third-order valence-corrected chi connectivity index (χ3v) is 5.87. The Hall–Kier alpha value is -3.52. The molecule has 0 atom stereocenters. The van der Waals surface area contributed by atoms with E-state index in [2.05, 4.69) is 10.0 Å². The third kappa shape index (κ3) is 5.99. The number of aryl methyl sites for hydroxylation is 2. The van der Waals surface area contributed by atoms with E-state index in [0.717, 1.165) is 5.56 Å². The number of hydrogen-bond donors (Lipinski definition) is 2. The Bertz CT molecular complexity index is 1160. The van der Waals surface area contributed by atoms with E-state index in [0.29, 0.717) is 28.4 Å². The zero-order valence-electron chi connectivity index (χ0n) is 17.5. The Morgan fingerprint density at radius 2 is 1.55 bits per heavy atom. The first-order valence-corrected chi connectivity index (χ1v) is 11.0. The molecule has 0 fully saturated rings. The molecule has 1 amide bonds. The standard InChI is InChI=1S/C23H24N2O5S/c1-16-4-6-19(7-5-16)25-31(27,28)21-12-13-22(17(2)14-21)30-15-23(26)24-18-8-10-20(29-3)11-9-18/h4-14,25H,15H2,1-3H3,(H,24,26). The van der Waals surface area contributed by atoms with Gasteiger partial charge in [0.2, 0.25) is 0 Å². The molecule has 3 aromatic carbocycles. The van der Waals surface area contributed by atoms with Crippen LogP contribution >= 0.6 is 0 Å². The van der Waals surface area contributed by atoms with Crippen molar-refractivity contribution in [2.24, 2.45) is 0 Å². The number of anilines is 2. The minimum Gasteiger partial charge on any atom is -0.497 e. The van der Waals surface area contributed by atoms with Gasteiger partial charge in [0, 0.05) is 11.4 Å². The molecule has 31 heavy (non-hydrogen) atoms. The van der Waals surface area contributed by atoms with Crippen molar-refractivity contribution in [3.8, 4) is 11.5 Å².